The van der Waals surface area contributed by atoms with Crippen molar-refractivity contribution in [3.8, 4) is 17.6 Å². The molecule has 13 N–H and O–H groups in total. The third-order valence-corrected chi connectivity index (χ3v) is 20.1. The van der Waals surface area contributed by atoms with Gasteiger partial charge in [0.05, 0.1) is 68.7 Å². The third kappa shape index (κ3) is 27.6. The van der Waals surface area contributed by atoms with Crippen LogP contribution in [-0.4, -0.2) is 171 Å². The van der Waals surface area contributed by atoms with Gasteiger partial charge in [-0.3, -0.25) is 57.5 Å². The second-order valence-electron chi connectivity index (χ2n) is 29.6. The molecule has 0 bridgehead atoms. The number of fused-ring (bicyclic) bond motifs is 3. The van der Waals surface area contributed by atoms with Crippen molar-refractivity contribution in [2.45, 2.75) is 104 Å². The van der Waals surface area contributed by atoms with Crippen molar-refractivity contribution in [1.29, 1.82) is 0 Å². The number of hydrogen-bond donors (Lipinski definition) is 9. The minimum Gasteiger partial charge on any atom is -0.481 e. The number of esters is 4. The number of carboxylic acids is 3. The van der Waals surface area contributed by atoms with Gasteiger partial charge in [0, 0.05) is 55.3 Å². The first-order valence-corrected chi connectivity index (χ1v) is 41.1. The zero-order valence-corrected chi connectivity index (χ0v) is 72.4. The number of hydrogen-bond acceptors (Lipinski definition) is 26. The Hall–Kier alpha value is -17.4. The number of rotatable bonds is 40. The number of aromatic nitrogens is 6. The van der Waals surface area contributed by atoms with Gasteiger partial charge in [0.25, 0.3) is 46.9 Å². The normalized spacial score (nSPS) is 11.3. The molecule has 0 radical (unpaired) electrons. The molecule has 0 aliphatic carbocycles. The number of amides is 5. The lowest BCUT2D eigenvalue weighted by atomic mass is 10.1. The number of Topliss-reactive ketones (excluding diaryl/α,β-unsaturated/α-hetero) is 3. The summed E-state index contributed by atoms with van der Waals surface area (Å²) in [6, 6.07) is 65.7. The highest BCUT2D eigenvalue weighted by Gasteiger charge is 2.33. The number of primary amides is 3. The van der Waals surface area contributed by atoms with E-state index in [0.717, 1.165) is 33.4 Å². The molecular formula is C97H92N12O25. The molecule has 13 rings (SSSR count). The number of benzene rings is 7. The molecule has 6 heterocycles. The molecule has 0 saturated carbocycles. The maximum absolute atomic E-state index is 13.2. The van der Waals surface area contributed by atoms with E-state index < -0.39 is 139 Å². The summed E-state index contributed by atoms with van der Waals surface area (Å²) < 4.78 is 42.9. The number of carbonyl (C=O) groups excluding carboxylic acids is 12. The standard InChI is InChI=1S/C37H34N4O8.C23H22N4O8.C19H17N3O5.C18H19NO4/c1-24-32(34(44)35(38)45)33-29(41(24)20-25-11-5-2-6-12-25)17-18-39-36(33)48-23-30(42)40-28(37(46)49-22-27-15-9-4-10-16-27)19-31(43)47-21-26-13-7-3-8-14-26;1-12-18(20(31)21(24)32)19-15(27(12)10-13-5-3-2-4-6-13)7-8-25-22(19)35-11-16(28)26-14(23(33)34)9-17(29)30;1-11-15(17(25)18(20)26)16-13(7-8-21-19(16)27-10-14(23)24)22(11)9-12-5-3-2-4-6-12;19-16(18(21)23-13-15-9-5-2-6-10-15)11-17(20)22-12-14-7-3-1-4-8-14/h2-18,28H,19-23H2,1H3,(H2,38,45)(H,40,42);2-8,14H,9-11H2,1H3,(H2,24,32)(H,26,28)(H,29,30)(H,33,34);2-8H,9-10H2,1H3,(H2,20,26)(H,23,24);1-10,16H,11-13,19H2. The van der Waals surface area contributed by atoms with Crippen LogP contribution in [0.1, 0.15) is 106 Å². The lowest BCUT2D eigenvalue weighted by Gasteiger charge is -2.17. The maximum Gasteiger partial charge on any atom is 0.341 e. The second kappa shape index (κ2) is 48.1. The van der Waals surface area contributed by atoms with Gasteiger partial charge >= 0.3 is 41.8 Å². The van der Waals surface area contributed by atoms with Crippen molar-refractivity contribution in [2.75, 3.05) is 19.8 Å². The van der Waals surface area contributed by atoms with Crippen LogP contribution in [0.5, 0.6) is 17.6 Å². The summed E-state index contributed by atoms with van der Waals surface area (Å²) in [5.41, 5.74) is 30.7. The lowest BCUT2D eigenvalue weighted by Crippen LogP contribution is -2.45. The Morgan fingerprint density at radius 1 is 0.336 bits per heavy atom. The van der Waals surface area contributed by atoms with E-state index in [-0.39, 0.29) is 83.3 Å². The average molecular weight is 1830 g/mol. The number of ketones is 3. The summed E-state index contributed by atoms with van der Waals surface area (Å²) in [6.45, 7) is 4.37. The molecule has 3 atom stereocenters. The molecule has 7 aromatic carbocycles. The number of pyridine rings is 3. The molecule has 134 heavy (non-hydrogen) atoms. The predicted molar refractivity (Wildman–Crippen MR) is 481 cm³/mol. The Bertz CT molecular complexity index is 6440. The molecule has 5 amide bonds. The number of nitrogens with zero attached hydrogens (tertiary/aromatic N) is 6. The molecule has 0 spiro atoms. The van der Waals surface area contributed by atoms with Gasteiger partial charge in [-0.25, -0.2) is 29.3 Å². The monoisotopic (exact) mass is 1820 g/mol. The van der Waals surface area contributed by atoms with Crippen molar-refractivity contribution in [3.63, 3.8) is 0 Å². The van der Waals surface area contributed by atoms with Gasteiger partial charge in [-0.1, -0.05) is 212 Å². The zero-order valence-electron chi connectivity index (χ0n) is 72.4. The Balaban J connectivity index is 0.000000193. The minimum atomic E-state index is -1.66. The van der Waals surface area contributed by atoms with Crippen LogP contribution < -0.4 is 47.8 Å². The van der Waals surface area contributed by atoms with Crippen molar-refractivity contribution in [3.05, 3.63) is 322 Å². The number of ether oxygens (including phenoxy) is 7. The van der Waals surface area contributed by atoms with E-state index in [1.807, 2.05) is 173 Å². The van der Waals surface area contributed by atoms with Crippen LogP contribution in [0.25, 0.3) is 32.7 Å². The Morgan fingerprint density at radius 3 is 0.903 bits per heavy atom. The molecule has 37 heteroatoms. The second-order valence-corrected chi connectivity index (χ2v) is 29.6. The van der Waals surface area contributed by atoms with Crippen molar-refractivity contribution >= 4 is 121 Å². The number of carboxylic acid groups (broad SMARTS) is 3. The van der Waals surface area contributed by atoms with Crippen LogP contribution in [0.2, 0.25) is 0 Å². The highest BCUT2D eigenvalue weighted by molar-refractivity contribution is 6.46. The summed E-state index contributed by atoms with van der Waals surface area (Å²) in [5.74, 6) is -15.1. The first kappa shape index (κ1) is 98.8. The number of aliphatic carboxylic acids is 3. The highest BCUT2D eigenvalue weighted by Crippen LogP contribution is 2.37. The van der Waals surface area contributed by atoms with Gasteiger partial charge in [-0.15, -0.1) is 0 Å². The van der Waals surface area contributed by atoms with Crippen LogP contribution in [-0.2, 0) is 123 Å². The predicted octanol–water partition coefficient (Wildman–Crippen LogP) is 8.00. The van der Waals surface area contributed by atoms with E-state index in [9.17, 15) is 71.9 Å². The summed E-state index contributed by atoms with van der Waals surface area (Å²) >= 11 is 0. The molecule has 37 nitrogen and oxygen atoms in total. The van der Waals surface area contributed by atoms with E-state index in [4.69, 9.17) is 71.4 Å². The smallest absolute Gasteiger partial charge is 0.341 e. The van der Waals surface area contributed by atoms with Gasteiger partial charge in [-0.2, -0.15) is 0 Å². The van der Waals surface area contributed by atoms with E-state index in [2.05, 4.69) is 25.6 Å². The van der Waals surface area contributed by atoms with E-state index in [0.29, 0.717) is 58.8 Å². The molecule has 0 saturated heterocycles. The molecule has 0 aliphatic heterocycles. The summed E-state index contributed by atoms with van der Waals surface area (Å²) in [5, 5.41) is 31.9. The molecule has 6 aromatic heterocycles. The lowest BCUT2D eigenvalue weighted by molar-refractivity contribution is -0.155. The Kier molecular flexibility index (Phi) is 35.5. The van der Waals surface area contributed by atoms with Gasteiger partial charge in [0.1, 0.15) is 44.6 Å². The fourth-order valence-electron chi connectivity index (χ4n) is 13.7. The number of nitrogens with two attached hydrogens (primary N) is 4. The average Bonchev–Trinajstić information content (AvgIpc) is 1.61. The zero-order chi connectivity index (χ0) is 96.5. The van der Waals surface area contributed by atoms with Gasteiger partial charge < -0.3 is 95.7 Å². The first-order chi connectivity index (χ1) is 64.3. The molecule has 0 fully saturated rings. The molecule has 13 aromatic rings. The van der Waals surface area contributed by atoms with Crippen molar-refractivity contribution < 1.29 is 120 Å². The third-order valence-electron chi connectivity index (χ3n) is 20.1. The minimum absolute atomic E-state index is 0.00506. The van der Waals surface area contributed by atoms with Crippen LogP contribution >= 0.6 is 0 Å². The topological polar surface area (TPSA) is 563 Å². The van der Waals surface area contributed by atoms with Crippen LogP contribution in [0, 0.1) is 20.8 Å². The summed E-state index contributed by atoms with van der Waals surface area (Å²) in [6.07, 6.45) is 2.76. The molecule has 0 aliphatic rings. The molecule has 3 unspecified atom stereocenters. The van der Waals surface area contributed by atoms with Gasteiger partial charge in [0.2, 0.25) is 17.6 Å². The summed E-state index contributed by atoms with van der Waals surface area (Å²) in [7, 11) is 0. The Labute approximate surface area is 763 Å². The first-order valence-electron chi connectivity index (χ1n) is 41.1. The van der Waals surface area contributed by atoms with Crippen molar-refractivity contribution in [2.24, 2.45) is 22.9 Å². The van der Waals surface area contributed by atoms with E-state index in [1.54, 1.807) is 92.1 Å². The van der Waals surface area contributed by atoms with Crippen molar-refractivity contribution in [1.82, 2.24) is 39.3 Å². The number of carbonyl (C=O) groups is 15. The highest BCUT2D eigenvalue weighted by atomic mass is 16.6. The van der Waals surface area contributed by atoms with E-state index >= 15 is 0 Å². The van der Waals surface area contributed by atoms with Crippen LogP contribution in [0.3, 0.4) is 0 Å². The fraction of sp³-hybridized carbons (Fsp3) is 0.196. The van der Waals surface area contributed by atoms with Gasteiger partial charge in [-0.05, 0) is 77.9 Å². The quantitative estimate of drug-likeness (QED) is 0.00759. The number of nitrogens with one attached hydrogen (secondary N) is 2. The van der Waals surface area contributed by atoms with Crippen LogP contribution in [0.15, 0.2) is 249 Å². The Morgan fingerprint density at radius 2 is 0.612 bits per heavy atom. The summed E-state index contributed by atoms with van der Waals surface area (Å²) in [4.78, 5) is 193. The van der Waals surface area contributed by atoms with Crippen LogP contribution in [0.4, 0.5) is 0 Å². The fourth-order valence-corrected chi connectivity index (χ4v) is 13.7. The maximum atomic E-state index is 13.2. The SMILES string of the molecule is Cc1c(C(=O)C(N)=O)c2c(OCC(=O)NC(CC(=O)O)C(=O)O)nccc2n1Cc1ccccc1.Cc1c(C(=O)C(N)=O)c2c(OCC(=O)NC(CC(=O)OCc3ccccc3)C(=O)OCc3ccccc3)nccc2n1Cc1ccccc1.Cc1c(C(=O)C(N)=O)c2c(OCC(=O)O)nccc2n1Cc1ccccc1.NC(CC(=O)OCc1ccccc1)C(=O)OCc1ccccc1. The molecular weight excluding hydrogens is 1730 g/mol. The molecule has 690 valence electrons. The largest absolute Gasteiger partial charge is 0.481 e. The van der Waals surface area contributed by atoms with E-state index in [1.165, 1.54) is 18.6 Å². The van der Waals surface area contributed by atoms with Gasteiger partial charge in [0.15, 0.2) is 19.8 Å².